The van der Waals surface area contributed by atoms with Gasteiger partial charge in [0.05, 0.1) is 13.2 Å². The van der Waals surface area contributed by atoms with Crippen molar-refractivity contribution in [2.24, 2.45) is 5.73 Å². The highest BCUT2D eigenvalue weighted by Gasteiger charge is 2.07. The molecule has 0 bridgehead atoms. The number of pyridine rings is 1. The van der Waals surface area contributed by atoms with E-state index in [-0.39, 0.29) is 6.61 Å². The molecule has 2 rings (SSSR count). The molecular formula is C16H20N2O2. The van der Waals surface area contributed by atoms with E-state index < -0.39 is 6.10 Å². The standard InChI is InChI=1S/C16H20N2O2/c17-11-13-4-6-14(7-5-13)16(19)12-20-10-8-15-3-1-2-9-18-15/h1-7,9,16,19H,8,10-12,17H2. The molecule has 0 aliphatic heterocycles. The first-order valence-corrected chi connectivity index (χ1v) is 6.74. The molecule has 1 heterocycles. The normalized spacial score (nSPS) is 12.3. The third kappa shape index (κ3) is 4.42. The van der Waals surface area contributed by atoms with Gasteiger partial charge in [-0.2, -0.15) is 0 Å². The van der Waals surface area contributed by atoms with E-state index in [9.17, 15) is 5.11 Å². The first-order chi connectivity index (χ1) is 9.79. The molecule has 1 aromatic carbocycles. The van der Waals surface area contributed by atoms with E-state index in [2.05, 4.69) is 4.98 Å². The fourth-order valence-corrected chi connectivity index (χ4v) is 1.89. The zero-order valence-electron chi connectivity index (χ0n) is 11.4. The SMILES string of the molecule is NCc1ccc(C(O)COCCc2ccccn2)cc1. The minimum atomic E-state index is -0.606. The zero-order valence-corrected chi connectivity index (χ0v) is 11.4. The summed E-state index contributed by atoms with van der Waals surface area (Å²) >= 11 is 0. The Morgan fingerprint density at radius 3 is 2.60 bits per heavy atom. The summed E-state index contributed by atoms with van der Waals surface area (Å²) in [5.74, 6) is 0. The van der Waals surface area contributed by atoms with Gasteiger partial charge in [0.15, 0.2) is 0 Å². The zero-order chi connectivity index (χ0) is 14.2. The number of nitrogens with two attached hydrogens (primary N) is 1. The number of aromatic nitrogens is 1. The lowest BCUT2D eigenvalue weighted by molar-refractivity contribution is 0.0371. The van der Waals surface area contributed by atoms with Gasteiger partial charge in [0.1, 0.15) is 6.10 Å². The first kappa shape index (κ1) is 14.7. The number of nitrogens with zero attached hydrogens (tertiary/aromatic N) is 1. The van der Waals surface area contributed by atoms with Crippen molar-refractivity contribution >= 4 is 0 Å². The van der Waals surface area contributed by atoms with E-state index in [4.69, 9.17) is 10.5 Å². The molecule has 0 amide bonds. The Morgan fingerprint density at radius 2 is 1.95 bits per heavy atom. The molecule has 1 aromatic heterocycles. The van der Waals surface area contributed by atoms with Gasteiger partial charge in [-0.3, -0.25) is 4.98 Å². The lowest BCUT2D eigenvalue weighted by Gasteiger charge is -2.12. The van der Waals surface area contributed by atoms with Gasteiger partial charge in [0, 0.05) is 24.9 Å². The number of benzene rings is 1. The van der Waals surface area contributed by atoms with Crippen molar-refractivity contribution in [1.29, 1.82) is 0 Å². The monoisotopic (exact) mass is 272 g/mol. The summed E-state index contributed by atoms with van der Waals surface area (Å²) < 4.78 is 5.50. The molecule has 1 atom stereocenters. The Hall–Kier alpha value is -1.75. The number of hydrogen-bond donors (Lipinski definition) is 2. The van der Waals surface area contributed by atoms with Crippen LogP contribution in [0.3, 0.4) is 0 Å². The average Bonchev–Trinajstić information content (AvgIpc) is 2.52. The highest BCUT2D eigenvalue weighted by Crippen LogP contribution is 2.14. The molecule has 4 nitrogen and oxygen atoms in total. The van der Waals surface area contributed by atoms with E-state index in [0.29, 0.717) is 13.2 Å². The molecule has 106 valence electrons. The predicted molar refractivity (Wildman–Crippen MR) is 78.1 cm³/mol. The quantitative estimate of drug-likeness (QED) is 0.755. The van der Waals surface area contributed by atoms with Gasteiger partial charge in [-0.05, 0) is 23.3 Å². The minimum absolute atomic E-state index is 0.287. The molecule has 20 heavy (non-hydrogen) atoms. The molecule has 0 spiro atoms. The topological polar surface area (TPSA) is 68.4 Å². The molecule has 0 fully saturated rings. The summed E-state index contributed by atoms with van der Waals surface area (Å²) in [5.41, 5.74) is 8.43. The van der Waals surface area contributed by atoms with Gasteiger partial charge in [-0.15, -0.1) is 0 Å². The molecule has 0 aliphatic rings. The maximum Gasteiger partial charge on any atom is 0.102 e. The predicted octanol–water partition coefficient (Wildman–Crippen LogP) is 1.83. The van der Waals surface area contributed by atoms with Crippen LogP contribution >= 0.6 is 0 Å². The molecule has 0 aliphatic carbocycles. The first-order valence-electron chi connectivity index (χ1n) is 6.74. The summed E-state index contributed by atoms with van der Waals surface area (Å²) in [4.78, 5) is 4.22. The van der Waals surface area contributed by atoms with Gasteiger partial charge < -0.3 is 15.6 Å². The molecule has 0 radical (unpaired) electrons. The Labute approximate surface area is 119 Å². The highest BCUT2D eigenvalue weighted by molar-refractivity contribution is 5.24. The van der Waals surface area contributed by atoms with Gasteiger partial charge in [-0.25, -0.2) is 0 Å². The second-order valence-corrected chi connectivity index (χ2v) is 4.61. The van der Waals surface area contributed by atoms with Crippen LogP contribution in [0.1, 0.15) is 22.9 Å². The van der Waals surface area contributed by atoms with Crippen LogP contribution in [0.2, 0.25) is 0 Å². The summed E-state index contributed by atoms with van der Waals surface area (Å²) in [5, 5.41) is 10.0. The van der Waals surface area contributed by atoms with Crippen molar-refractivity contribution in [3.8, 4) is 0 Å². The molecule has 4 heteroatoms. The minimum Gasteiger partial charge on any atom is -0.386 e. The van der Waals surface area contributed by atoms with Crippen molar-refractivity contribution in [2.45, 2.75) is 19.1 Å². The third-order valence-electron chi connectivity index (χ3n) is 3.10. The van der Waals surface area contributed by atoms with Crippen LogP contribution in [0.25, 0.3) is 0 Å². The Kier molecular flexibility index (Phi) is 5.68. The van der Waals surface area contributed by atoms with E-state index in [1.165, 1.54) is 0 Å². The maximum absolute atomic E-state index is 10.0. The summed E-state index contributed by atoms with van der Waals surface area (Å²) in [6, 6.07) is 13.4. The Bertz CT molecular complexity index is 500. The average molecular weight is 272 g/mol. The second kappa shape index (κ2) is 7.75. The third-order valence-corrected chi connectivity index (χ3v) is 3.10. The molecule has 0 saturated heterocycles. The van der Waals surface area contributed by atoms with Crippen LogP contribution in [-0.4, -0.2) is 23.3 Å². The lowest BCUT2D eigenvalue weighted by Crippen LogP contribution is -2.10. The molecule has 2 aromatic rings. The van der Waals surface area contributed by atoms with E-state index in [0.717, 1.165) is 23.2 Å². The fourth-order valence-electron chi connectivity index (χ4n) is 1.89. The van der Waals surface area contributed by atoms with Gasteiger partial charge in [0.2, 0.25) is 0 Å². The Morgan fingerprint density at radius 1 is 1.15 bits per heavy atom. The van der Waals surface area contributed by atoms with Crippen LogP contribution in [-0.2, 0) is 17.7 Å². The van der Waals surface area contributed by atoms with Crippen LogP contribution < -0.4 is 5.73 Å². The van der Waals surface area contributed by atoms with Crippen molar-refractivity contribution in [2.75, 3.05) is 13.2 Å². The number of ether oxygens (including phenoxy) is 1. The largest absolute Gasteiger partial charge is 0.386 e. The summed E-state index contributed by atoms with van der Waals surface area (Å²) in [7, 11) is 0. The van der Waals surface area contributed by atoms with Crippen molar-refractivity contribution < 1.29 is 9.84 Å². The van der Waals surface area contributed by atoms with Crippen LogP contribution in [0.15, 0.2) is 48.7 Å². The Balaban J connectivity index is 1.73. The van der Waals surface area contributed by atoms with Gasteiger partial charge >= 0.3 is 0 Å². The number of aliphatic hydroxyl groups is 1. The molecule has 0 saturated carbocycles. The van der Waals surface area contributed by atoms with Crippen LogP contribution in [0.4, 0.5) is 0 Å². The van der Waals surface area contributed by atoms with Crippen molar-refractivity contribution in [3.05, 3.63) is 65.5 Å². The molecule has 3 N–H and O–H groups in total. The van der Waals surface area contributed by atoms with Crippen LogP contribution in [0.5, 0.6) is 0 Å². The number of rotatable bonds is 7. The van der Waals surface area contributed by atoms with Crippen LogP contribution in [0, 0.1) is 0 Å². The molecule has 1 unspecified atom stereocenters. The van der Waals surface area contributed by atoms with E-state index in [1.54, 1.807) is 6.20 Å². The van der Waals surface area contributed by atoms with E-state index >= 15 is 0 Å². The van der Waals surface area contributed by atoms with Gasteiger partial charge in [0.25, 0.3) is 0 Å². The van der Waals surface area contributed by atoms with Gasteiger partial charge in [-0.1, -0.05) is 30.3 Å². The fraction of sp³-hybridized carbons (Fsp3) is 0.312. The van der Waals surface area contributed by atoms with Crippen molar-refractivity contribution in [1.82, 2.24) is 4.98 Å². The molecular weight excluding hydrogens is 252 g/mol. The smallest absolute Gasteiger partial charge is 0.102 e. The second-order valence-electron chi connectivity index (χ2n) is 4.61. The highest BCUT2D eigenvalue weighted by atomic mass is 16.5. The summed E-state index contributed by atoms with van der Waals surface area (Å²) in [6.07, 6.45) is 1.91. The number of hydrogen-bond acceptors (Lipinski definition) is 4. The summed E-state index contributed by atoms with van der Waals surface area (Å²) in [6.45, 7) is 1.35. The lowest BCUT2D eigenvalue weighted by atomic mass is 10.1. The maximum atomic E-state index is 10.0. The van der Waals surface area contributed by atoms with Crippen molar-refractivity contribution in [3.63, 3.8) is 0 Å². The number of aliphatic hydroxyl groups excluding tert-OH is 1. The van der Waals surface area contributed by atoms with E-state index in [1.807, 2.05) is 42.5 Å².